The van der Waals surface area contributed by atoms with E-state index in [-0.39, 0.29) is 5.06 Å². The van der Waals surface area contributed by atoms with Crippen molar-refractivity contribution >= 4 is 43.6 Å². The summed E-state index contributed by atoms with van der Waals surface area (Å²) in [5, 5.41) is 20.7. The summed E-state index contributed by atoms with van der Waals surface area (Å²) in [7, 11) is 1.07. The van der Waals surface area contributed by atoms with Gasteiger partial charge < -0.3 is 5.11 Å². The zero-order chi connectivity index (χ0) is 17.9. The third-order valence-electron chi connectivity index (χ3n) is 3.55. The van der Waals surface area contributed by atoms with Gasteiger partial charge in [-0.1, -0.05) is 56.1 Å². The summed E-state index contributed by atoms with van der Waals surface area (Å²) in [6, 6.07) is 13.7. The first-order valence-corrected chi connectivity index (χ1v) is 8.57. The predicted molar refractivity (Wildman–Crippen MR) is 95.5 cm³/mol. The average molecular weight is 457 g/mol. The van der Waals surface area contributed by atoms with Gasteiger partial charge in [-0.05, 0) is 35.4 Å². The molecule has 0 bridgehead atoms. The zero-order valence-electron chi connectivity index (χ0n) is 12.7. The van der Waals surface area contributed by atoms with E-state index in [9.17, 15) is 19.9 Å². The molecule has 0 radical (unpaired) electrons. The molecule has 0 aliphatic heterocycles. The number of benzene rings is 2. The molecular formula is C17H15Br2NO4. The minimum absolute atomic E-state index is 0.213. The van der Waals surface area contributed by atoms with Crippen molar-refractivity contribution in [3.8, 4) is 0 Å². The fraction of sp³-hybridized carbons (Fsp3) is 0.176. The molecule has 2 rings (SSSR count). The van der Waals surface area contributed by atoms with Gasteiger partial charge in [0.15, 0.2) is 0 Å². The number of ketones is 1. The Balaban J connectivity index is 2.53. The maximum absolute atomic E-state index is 12.2. The van der Waals surface area contributed by atoms with E-state index >= 15 is 0 Å². The number of likely N-dealkylation sites (N-methyl/N-ethyl adjacent to an activating group) is 1. The van der Waals surface area contributed by atoms with Gasteiger partial charge in [0.1, 0.15) is 5.60 Å². The quantitative estimate of drug-likeness (QED) is 0.411. The van der Waals surface area contributed by atoms with Crippen LogP contribution in [-0.4, -0.2) is 34.1 Å². The maximum Gasteiger partial charge on any atom is 0.313 e. The number of carbonyl (C=O) groups is 2. The standard InChI is InChI=1S/C17H15Br2NO4/c1-20(24)16(22)15(21)10-17(23,11-4-2-6-13(18)8-11)12-5-3-7-14(19)9-12/h2-9,23-24H,10H2,1H3. The first-order chi connectivity index (χ1) is 11.2. The van der Waals surface area contributed by atoms with Crippen LogP contribution in [0.3, 0.4) is 0 Å². The lowest BCUT2D eigenvalue weighted by Crippen LogP contribution is -2.37. The fourth-order valence-corrected chi connectivity index (χ4v) is 3.15. The Morgan fingerprint density at radius 1 is 1.04 bits per heavy atom. The van der Waals surface area contributed by atoms with Crippen molar-refractivity contribution in [3.63, 3.8) is 0 Å². The molecule has 5 nitrogen and oxygen atoms in total. The van der Waals surface area contributed by atoms with Gasteiger partial charge in [-0.15, -0.1) is 0 Å². The molecule has 0 aliphatic carbocycles. The van der Waals surface area contributed by atoms with Gasteiger partial charge in [0.2, 0.25) is 5.78 Å². The second-order valence-electron chi connectivity index (χ2n) is 5.31. The van der Waals surface area contributed by atoms with Gasteiger partial charge >= 0.3 is 5.91 Å². The summed E-state index contributed by atoms with van der Waals surface area (Å²) in [4.78, 5) is 23.9. The van der Waals surface area contributed by atoms with Crippen LogP contribution in [0.5, 0.6) is 0 Å². The van der Waals surface area contributed by atoms with Crippen molar-refractivity contribution in [1.29, 1.82) is 0 Å². The van der Waals surface area contributed by atoms with Crippen LogP contribution in [0, 0.1) is 0 Å². The van der Waals surface area contributed by atoms with E-state index in [1.807, 2.05) is 0 Å². The molecular weight excluding hydrogens is 442 g/mol. The zero-order valence-corrected chi connectivity index (χ0v) is 15.9. The Labute approximate surface area is 156 Å². The van der Waals surface area contributed by atoms with E-state index in [2.05, 4.69) is 31.9 Å². The van der Waals surface area contributed by atoms with Gasteiger partial charge in [0, 0.05) is 16.0 Å². The number of halogens is 2. The van der Waals surface area contributed by atoms with Crippen LogP contribution in [0.15, 0.2) is 57.5 Å². The molecule has 0 spiro atoms. The second-order valence-corrected chi connectivity index (χ2v) is 7.14. The average Bonchev–Trinajstić information content (AvgIpc) is 2.53. The largest absolute Gasteiger partial charge is 0.380 e. The van der Waals surface area contributed by atoms with E-state index < -0.39 is 23.7 Å². The Kier molecular flexibility index (Phi) is 5.92. The van der Waals surface area contributed by atoms with Crippen molar-refractivity contribution in [2.45, 2.75) is 12.0 Å². The number of hydrogen-bond donors (Lipinski definition) is 2. The van der Waals surface area contributed by atoms with Crippen molar-refractivity contribution in [1.82, 2.24) is 5.06 Å². The molecule has 0 fully saturated rings. The third kappa shape index (κ3) is 4.10. The van der Waals surface area contributed by atoms with Crippen molar-refractivity contribution in [2.75, 3.05) is 7.05 Å². The topological polar surface area (TPSA) is 77.8 Å². The van der Waals surface area contributed by atoms with E-state index in [0.717, 1.165) is 16.0 Å². The summed E-state index contributed by atoms with van der Waals surface area (Å²) in [5.74, 6) is -1.99. The van der Waals surface area contributed by atoms with E-state index in [1.165, 1.54) is 0 Å². The van der Waals surface area contributed by atoms with Crippen LogP contribution in [0.4, 0.5) is 0 Å². The Morgan fingerprint density at radius 2 is 1.50 bits per heavy atom. The highest BCUT2D eigenvalue weighted by molar-refractivity contribution is 9.10. The summed E-state index contributed by atoms with van der Waals surface area (Å²) in [5.41, 5.74) is -0.801. The number of hydroxylamine groups is 2. The number of amides is 1. The highest BCUT2D eigenvalue weighted by atomic mass is 79.9. The highest BCUT2D eigenvalue weighted by Gasteiger charge is 2.37. The molecule has 0 atom stereocenters. The molecule has 2 N–H and O–H groups in total. The van der Waals surface area contributed by atoms with Gasteiger partial charge in [0.25, 0.3) is 0 Å². The third-order valence-corrected chi connectivity index (χ3v) is 4.54. The molecule has 0 heterocycles. The Morgan fingerprint density at radius 3 is 1.88 bits per heavy atom. The van der Waals surface area contributed by atoms with Gasteiger partial charge in [-0.3, -0.25) is 14.8 Å². The van der Waals surface area contributed by atoms with Crippen LogP contribution in [0.2, 0.25) is 0 Å². The van der Waals surface area contributed by atoms with Crippen LogP contribution in [-0.2, 0) is 15.2 Å². The summed E-state index contributed by atoms with van der Waals surface area (Å²) >= 11 is 6.68. The molecule has 7 heteroatoms. The van der Waals surface area contributed by atoms with Crippen LogP contribution in [0.1, 0.15) is 17.5 Å². The molecule has 1 amide bonds. The number of rotatable bonds is 5. The smallest absolute Gasteiger partial charge is 0.313 e. The fourth-order valence-electron chi connectivity index (χ4n) is 2.35. The SMILES string of the molecule is CN(O)C(=O)C(=O)CC(O)(c1cccc(Br)c1)c1cccc(Br)c1. The molecule has 126 valence electrons. The monoisotopic (exact) mass is 455 g/mol. The van der Waals surface area contributed by atoms with Crippen LogP contribution < -0.4 is 0 Å². The molecule has 2 aromatic rings. The van der Waals surface area contributed by atoms with Crippen molar-refractivity contribution in [3.05, 3.63) is 68.6 Å². The van der Waals surface area contributed by atoms with E-state index in [4.69, 9.17) is 0 Å². The molecule has 24 heavy (non-hydrogen) atoms. The lowest BCUT2D eigenvalue weighted by Gasteiger charge is -2.29. The number of aliphatic hydroxyl groups is 1. The maximum atomic E-state index is 12.2. The Bertz CT molecular complexity index is 731. The van der Waals surface area contributed by atoms with Crippen LogP contribution in [0.25, 0.3) is 0 Å². The first-order valence-electron chi connectivity index (χ1n) is 6.98. The molecule has 0 unspecified atom stereocenters. The van der Waals surface area contributed by atoms with Gasteiger partial charge in [-0.2, -0.15) is 0 Å². The second kappa shape index (κ2) is 7.57. The Hall–Kier alpha value is -1.54. The minimum atomic E-state index is -1.71. The lowest BCUT2D eigenvalue weighted by atomic mass is 9.82. The molecule has 0 aliphatic rings. The first kappa shape index (κ1) is 18.8. The molecule has 0 saturated heterocycles. The number of Topliss-reactive ketones (excluding diaryl/α,β-unsaturated/α-hetero) is 1. The van der Waals surface area contributed by atoms with Gasteiger partial charge in [-0.25, -0.2) is 5.06 Å². The molecule has 0 aromatic heterocycles. The highest BCUT2D eigenvalue weighted by Crippen LogP contribution is 2.35. The van der Waals surface area contributed by atoms with E-state index in [1.54, 1.807) is 48.5 Å². The lowest BCUT2D eigenvalue weighted by molar-refractivity contribution is -0.166. The number of nitrogens with zero attached hydrogens (tertiary/aromatic N) is 1. The summed E-state index contributed by atoms with van der Waals surface area (Å²) in [6.07, 6.45) is -0.496. The normalized spacial score (nSPS) is 11.2. The van der Waals surface area contributed by atoms with Crippen molar-refractivity contribution in [2.24, 2.45) is 0 Å². The van der Waals surface area contributed by atoms with Crippen molar-refractivity contribution < 1.29 is 19.9 Å². The predicted octanol–water partition coefficient (Wildman–Crippen LogP) is 3.25. The number of carbonyl (C=O) groups excluding carboxylic acids is 2. The van der Waals surface area contributed by atoms with E-state index in [0.29, 0.717) is 11.1 Å². The molecule has 2 aromatic carbocycles. The summed E-state index contributed by atoms with van der Waals surface area (Å²) < 4.78 is 1.46. The molecule has 0 saturated carbocycles. The van der Waals surface area contributed by atoms with Gasteiger partial charge in [0.05, 0.1) is 6.42 Å². The number of hydrogen-bond acceptors (Lipinski definition) is 4. The minimum Gasteiger partial charge on any atom is -0.380 e. The van der Waals surface area contributed by atoms with Crippen LogP contribution >= 0.6 is 31.9 Å². The summed E-state index contributed by atoms with van der Waals surface area (Å²) in [6.45, 7) is 0.